The lowest BCUT2D eigenvalue weighted by molar-refractivity contribution is 0.248. The molecule has 0 radical (unpaired) electrons. The number of aryl methyl sites for hydroxylation is 1. The second kappa shape index (κ2) is 6.11. The van der Waals surface area contributed by atoms with Gasteiger partial charge < -0.3 is 0 Å². The lowest BCUT2D eigenvalue weighted by Gasteiger charge is -2.25. The zero-order chi connectivity index (χ0) is 14.7. The van der Waals surface area contributed by atoms with E-state index >= 15 is 0 Å². The molecule has 0 aliphatic carbocycles. The number of hydrogen-bond acceptors (Lipinski definition) is 2. The van der Waals surface area contributed by atoms with Crippen LogP contribution in [0.5, 0.6) is 0 Å². The largest absolute Gasteiger partial charge is 0.292 e. The first-order valence-electron chi connectivity index (χ1n) is 7.56. The molecule has 1 aliphatic rings. The van der Waals surface area contributed by atoms with Crippen LogP contribution in [0.2, 0.25) is 0 Å². The zero-order valence-electron chi connectivity index (χ0n) is 12.4. The fourth-order valence-electron chi connectivity index (χ4n) is 3.16. The van der Waals surface area contributed by atoms with Crippen molar-refractivity contribution in [3.05, 3.63) is 70.8 Å². The number of nitrogens with zero attached hydrogens (tertiary/aromatic N) is 2. The molecule has 0 aromatic heterocycles. The number of nitriles is 1. The molecule has 1 heterocycles. The second-order valence-electron chi connectivity index (χ2n) is 5.85. The Kier molecular flexibility index (Phi) is 4.03. The lowest BCUT2D eigenvalue weighted by atomic mass is 10.0. The second-order valence-corrected chi connectivity index (χ2v) is 5.85. The molecule has 2 aromatic carbocycles. The molecule has 0 amide bonds. The van der Waals surface area contributed by atoms with Crippen LogP contribution in [0.25, 0.3) is 0 Å². The summed E-state index contributed by atoms with van der Waals surface area (Å²) in [6.45, 7) is 4.19. The van der Waals surface area contributed by atoms with Crippen LogP contribution in [0.15, 0.2) is 48.5 Å². The molecule has 1 unspecified atom stereocenters. The molecule has 0 saturated carbocycles. The van der Waals surface area contributed by atoms with Gasteiger partial charge in [-0.3, -0.25) is 4.90 Å². The molecule has 106 valence electrons. The molecule has 0 N–H and O–H groups in total. The van der Waals surface area contributed by atoms with Gasteiger partial charge in [0.25, 0.3) is 0 Å². The Morgan fingerprint density at radius 3 is 2.76 bits per heavy atom. The maximum absolute atomic E-state index is 9.02. The van der Waals surface area contributed by atoms with Gasteiger partial charge in [-0.25, -0.2) is 0 Å². The smallest absolute Gasteiger partial charge is 0.0991 e. The van der Waals surface area contributed by atoms with Crippen LogP contribution < -0.4 is 0 Å². The van der Waals surface area contributed by atoms with E-state index in [4.69, 9.17) is 5.26 Å². The van der Waals surface area contributed by atoms with E-state index in [1.54, 1.807) is 0 Å². The third-order valence-corrected chi connectivity index (χ3v) is 4.27. The van der Waals surface area contributed by atoms with Crippen molar-refractivity contribution in [1.82, 2.24) is 4.90 Å². The minimum atomic E-state index is 0.511. The average Bonchev–Trinajstić information content (AvgIpc) is 2.96. The van der Waals surface area contributed by atoms with Crippen molar-refractivity contribution < 1.29 is 0 Å². The highest BCUT2D eigenvalue weighted by Crippen LogP contribution is 2.33. The maximum Gasteiger partial charge on any atom is 0.0991 e. The minimum Gasteiger partial charge on any atom is -0.292 e. The quantitative estimate of drug-likeness (QED) is 0.840. The molecule has 1 atom stereocenters. The molecule has 21 heavy (non-hydrogen) atoms. The average molecular weight is 276 g/mol. The SMILES string of the molecule is Cc1ccc(C2CCCN2Cc2cccc(C#N)c2)cc1. The van der Waals surface area contributed by atoms with E-state index in [0.29, 0.717) is 6.04 Å². The van der Waals surface area contributed by atoms with Gasteiger partial charge in [-0.15, -0.1) is 0 Å². The Morgan fingerprint density at radius 1 is 1.19 bits per heavy atom. The van der Waals surface area contributed by atoms with Crippen LogP contribution >= 0.6 is 0 Å². The first kappa shape index (κ1) is 13.9. The molecule has 3 rings (SSSR count). The molecular weight excluding hydrogens is 256 g/mol. The Morgan fingerprint density at radius 2 is 2.00 bits per heavy atom. The molecule has 1 aliphatic heterocycles. The summed E-state index contributed by atoms with van der Waals surface area (Å²) in [7, 11) is 0. The Hall–Kier alpha value is -2.11. The van der Waals surface area contributed by atoms with E-state index < -0.39 is 0 Å². The summed E-state index contributed by atoms with van der Waals surface area (Å²) >= 11 is 0. The first-order valence-corrected chi connectivity index (χ1v) is 7.56. The molecule has 2 heteroatoms. The third-order valence-electron chi connectivity index (χ3n) is 4.27. The summed E-state index contributed by atoms with van der Waals surface area (Å²) in [5.41, 5.74) is 4.70. The number of likely N-dealkylation sites (tertiary alicyclic amines) is 1. The summed E-state index contributed by atoms with van der Waals surface area (Å²) in [6.07, 6.45) is 2.47. The lowest BCUT2D eigenvalue weighted by Crippen LogP contribution is -2.22. The number of rotatable bonds is 3. The van der Waals surface area contributed by atoms with Gasteiger partial charge in [0.1, 0.15) is 0 Å². The van der Waals surface area contributed by atoms with Crippen molar-refractivity contribution in [2.24, 2.45) is 0 Å². The molecule has 2 aromatic rings. The van der Waals surface area contributed by atoms with Gasteiger partial charge >= 0.3 is 0 Å². The Balaban J connectivity index is 1.78. The van der Waals surface area contributed by atoms with Crippen molar-refractivity contribution in [2.45, 2.75) is 32.4 Å². The van der Waals surface area contributed by atoms with Gasteiger partial charge in [0.2, 0.25) is 0 Å². The van der Waals surface area contributed by atoms with E-state index in [0.717, 1.165) is 18.7 Å². The number of hydrogen-bond donors (Lipinski definition) is 0. The molecule has 2 nitrogen and oxygen atoms in total. The van der Waals surface area contributed by atoms with Crippen LogP contribution in [0.1, 0.15) is 41.1 Å². The fraction of sp³-hybridized carbons (Fsp3) is 0.316. The van der Waals surface area contributed by atoms with E-state index in [1.165, 1.54) is 29.5 Å². The first-order chi connectivity index (χ1) is 10.3. The van der Waals surface area contributed by atoms with E-state index in [2.05, 4.69) is 48.2 Å². The summed E-state index contributed by atoms with van der Waals surface area (Å²) in [4.78, 5) is 2.53. The van der Waals surface area contributed by atoms with E-state index in [-0.39, 0.29) is 0 Å². The highest BCUT2D eigenvalue weighted by atomic mass is 15.2. The Bertz CT molecular complexity index is 652. The summed E-state index contributed by atoms with van der Waals surface area (Å²) in [6, 6.07) is 19.6. The van der Waals surface area contributed by atoms with Gasteiger partial charge in [-0.2, -0.15) is 5.26 Å². The fourth-order valence-corrected chi connectivity index (χ4v) is 3.16. The standard InChI is InChI=1S/C19H20N2/c1-15-7-9-18(10-8-15)19-6-3-11-21(19)14-17-5-2-4-16(12-17)13-20/h2,4-5,7-10,12,19H,3,6,11,14H2,1H3. The third kappa shape index (κ3) is 3.15. The monoisotopic (exact) mass is 276 g/mol. The maximum atomic E-state index is 9.02. The van der Waals surface area contributed by atoms with Crippen LogP contribution in [-0.4, -0.2) is 11.4 Å². The van der Waals surface area contributed by atoms with Gasteiger partial charge in [0.05, 0.1) is 11.6 Å². The summed E-state index contributed by atoms with van der Waals surface area (Å²) in [5.74, 6) is 0. The number of benzene rings is 2. The van der Waals surface area contributed by atoms with Crippen LogP contribution in [0, 0.1) is 18.3 Å². The van der Waals surface area contributed by atoms with E-state index in [1.807, 2.05) is 18.2 Å². The summed E-state index contributed by atoms with van der Waals surface area (Å²) in [5, 5.41) is 9.02. The van der Waals surface area contributed by atoms with E-state index in [9.17, 15) is 0 Å². The molecule has 1 fully saturated rings. The zero-order valence-corrected chi connectivity index (χ0v) is 12.4. The van der Waals surface area contributed by atoms with Crippen molar-refractivity contribution in [2.75, 3.05) is 6.54 Å². The molecule has 1 saturated heterocycles. The topological polar surface area (TPSA) is 27.0 Å². The van der Waals surface area contributed by atoms with Crippen molar-refractivity contribution in [1.29, 1.82) is 5.26 Å². The normalized spacial score (nSPS) is 18.6. The van der Waals surface area contributed by atoms with Crippen LogP contribution in [0.3, 0.4) is 0 Å². The van der Waals surface area contributed by atoms with Crippen molar-refractivity contribution in [3.63, 3.8) is 0 Å². The highest BCUT2D eigenvalue weighted by Gasteiger charge is 2.25. The van der Waals surface area contributed by atoms with Gasteiger partial charge in [-0.1, -0.05) is 42.0 Å². The summed E-state index contributed by atoms with van der Waals surface area (Å²) < 4.78 is 0. The molecular formula is C19H20N2. The van der Waals surface area contributed by atoms with Gasteiger partial charge in [-0.05, 0) is 49.6 Å². The van der Waals surface area contributed by atoms with Crippen LogP contribution in [0.4, 0.5) is 0 Å². The molecule has 0 bridgehead atoms. The predicted molar refractivity (Wildman–Crippen MR) is 84.7 cm³/mol. The van der Waals surface area contributed by atoms with Crippen molar-refractivity contribution in [3.8, 4) is 6.07 Å². The van der Waals surface area contributed by atoms with Gasteiger partial charge in [0.15, 0.2) is 0 Å². The molecule has 0 spiro atoms. The minimum absolute atomic E-state index is 0.511. The van der Waals surface area contributed by atoms with Crippen molar-refractivity contribution >= 4 is 0 Å². The van der Waals surface area contributed by atoms with Gasteiger partial charge in [0, 0.05) is 12.6 Å². The Labute approximate surface area is 126 Å². The highest BCUT2D eigenvalue weighted by molar-refractivity contribution is 5.33. The predicted octanol–water partition coefficient (Wildman–Crippen LogP) is 4.20. The van der Waals surface area contributed by atoms with Crippen LogP contribution in [-0.2, 0) is 6.54 Å².